The minimum atomic E-state index is -0.704. The van der Waals surface area contributed by atoms with E-state index in [1.807, 2.05) is 19.9 Å². The highest BCUT2D eigenvalue weighted by Crippen LogP contribution is 2.22. The van der Waals surface area contributed by atoms with E-state index in [0.29, 0.717) is 16.3 Å². The summed E-state index contributed by atoms with van der Waals surface area (Å²) in [5.74, 6) is -1.58. The molecular weight excluding hydrogens is 368 g/mol. The number of carbonyl (C=O) groups excluding carboxylic acids is 3. The van der Waals surface area contributed by atoms with Gasteiger partial charge in [-0.25, -0.2) is 0 Å². The molecule has 2 aromatic rings. The summed E-state index contributed by atoms with van der Waals surface area (Å²) in [7, 11) is 0. The van der Waals surface area contributed by atoms with Gasteiger partial charge in [0.25, 0.3) is 11.8 Å². The maximum Gasteiger partial charge on any atom is 0.325 e. The number of hydrogen-bond donors (Lipinski definition) is 2. The highest BCUT2D eigenvalue weighted by atomic mass is 35.5. The molecule has 6 nitrogen and oxygen atoms in total. The van der Waals surface area contributed by atoms with Gasteiger partial charge in [0.05, 0.1) is 0 Å². The molecule has 142 valence electrons. The Kier molecular flexibility index (Phi) is 6.96. The van der Waals surface area contributed by atoms with Crippen LogP contribution in [0.2, 0.25) is 5.02 Å². The van der Waals surface area contributed by atoms with Gasteiger partial charge in [0, 0.05) is 16.3 Å². The van der Waals surface area contributed by atoms with Gasteiger partial charge in [0.1, 0.15) is 6.54 Å². The first-order chi connectivity index (χ1) is 12.8. The summed E-state index contributed by atoms with van der Waals surface area (Å²) in [4.78, 5) is 35.7. The van der Waals surface area contributed by atoms with E-state index >= 15 is 0 Å². The molecule has 0 atom stereocenters. The van der Waals surface area contributed by atoms with E-state index in [4.69, 9.17) is 16.3 Å². The molecule has 0 saturated heterocycles. The number of hydrogen-bond acceptors (Lipinski definition) is 4. The van der Waals surface area contributed by atoms with Crippen molar-refractivity contribution in [3.05, 3.63) is 63.7 Å². The first-order valence-corrected chi connectivity index (χ1v) is 8.71. The Morgan fingerprint density at radius 3 is 2.48 bits per heavy atom. The largest absolute Gasteiger partial charge is 0.454 e. The van der Waals surface area contributed by atoms with Crippen LogP contribution >= 0.6 is 11.6 Å². The van der Waals surface area contributed by atoms with Crippen LogP contribution in [0.1, 0.15) is 27.0 Å². The maximum atomic E-state index is 12.1. The zero-order valence-electron chi connectivity index (χ0n) is 15.4. The van der Waals surface area contributed by atoms with Crippen LogP contribution in [0.4, 0.5) is 5.69 Å². The standard InChI is InChI=1S/C20H21ClN2O4/c1-12-7-8-15(9-13(12)2)20(26)22-10-19(25)27-11-18(24)23-17-6-4-5-16(21)14(17)3/h4-9H,10-11H2,1-3H3,(H,22,26)(H,23,24). The van der Waals surface area contributed by atoms with E-state index in [2.05, 4.69) is 10.6 Å². The number of amides is 2. The quantitative estimate of drug-likeness (QED) is 0.744. The summed E-state index contributed by atoms with van der Waals surface area (Å²) < 4.78 is 4.88. The number of aryl methyl sites for hydroxylation is 2. The van der Waals surface area contributed by atoms with E-state index in [1.54, 1.807) is 37.3 Å². The van der Waals surface area contributed by atoms with Gasteiger partial charge in [-0.1, -0.05) is 23.7 Å². The van der Waals surface area contributed by atoms with Crippen LogP contribution in [0.15, 0.2) is 36.4 Å². The Balaban J connectivity index is 1.78. The summed E-state index contributed by atoms with van der Waals surface area (Å²) in [6.07, 6.45) is 0. The smallest absolute Gasteiger partial charge is 0.325 e. The first-order valence-electron chi connectivity index (χ1n) is 8.34. The number of carbonyl (C=O) groups is 3. The summed E-state index contributed by atoms with van der Waals surface area (Å²) in [5, 5.41) is 5.62. The lowest BCUT2D eigenvalue weighted by molar-refractivity contribution is -0.146. The number of rotatable bonds is 6. The molecule has 2 N–H and O–H groups in total. The van der Waals surface area contributed by atoms with Crippen LogP contribution in [0.25, 0.3) is 0 Å². The van der Waals surface area contributed by atoms with E-state index < -0.39 is 18.5 Å². The highest BCUT2D eigenvalue weighted by molar-refractivity contribution is 6.31. The Hall–Kier alpha value is -2.86. The van der Waals surface area contributed by atoms with E-state index in [-0.39, 0.29) is 12.5 Å². The lowest BCUT2D eigenvalue weighted by atomic mass is 10.1. The average Bonchev–Trinajstić information content (AvgIpc) is 2.64. The molecule has 2 rings (SSSR count). The monoisotopic (exact) mass is 388 g/mol. The molecule has 0 fully saturated rings. The van der Waals surface area contributed by atoms with Crippen molar-refractivity contribution in [3.8, 4) is 0 Å². The molecule has 0 heterocycles. The van der Waals surface area contributed by atoms with E-state index in [1.165, 1.54) is 0 Å². The number of halogens is 1. The molecule has 27 heavy (non-hydrogen) atoms. The SMILES string of the molecule is Cc1ccc(C(=O)NCC(=O)OCC(=O)Nc2cccc(Cl)c2C)cc1C. The van der Waals surface area contributed by atoms with Crippen molar-refractivity contribution >= 4 is 35.1 Å². The van der Waals surface area contributed by atoms with Gasteiger partial charge in [-0.2, -0.15) is 0 Å². The Labute approximate surface area is 162 Å². The lowest BCUT2D eigenvalue weighted by Gasteiger charge is -2.10. The zero-order valence-corrected chi connectivity index (χ0v) is 16.1. The maximum absolute atomic E-state index is 12.1. The molecule has 0 unspecified atom stereocenters. The van der Waals surface area contributed by atoms with Crippen molar-refractivity contribution in [2.75, 3.05) is 18.5 Å². The van der Waals surface area contributed by atoms with Crippen LogP contribution in [-0.2, 0) is 14.3 Å². The van der Waals surface area contributed by atoms with Crippen molar-refractivity contribution in [2.24, 2.45) is 0 Å². The minimum absolute atomic E-state index is 0.324. The van der Waals surface area contributed by atoms with Gasteiger partial charge >= 0.3 is 5.97 Å². The third-order valence-electron chi connectivity index (χ3n) is 4.07. The van der Waals surface area contributed by atoms with Gasteiger partial charge < -0.3 is 15.4 Å². The summed E-state index contributed by atoms with van der Waals surface area (Å²) in [6.45, 7) is 4.84. The fourth-order valence-corrected chi connectivity index (χ4v) is 2.44. The fraction of sp³-hybridized carbons (Fsp3) is 0.250. The zero-order chi connectivity index (χ0) is 20.0. The van der Waals surface area contributed by atoms with Crippen LogP contribution < -0.4 is 10.6 Å². The number of nitrogens with one attached hydrogen (secondary N) is 2. The molecule has 0 saturated carbocycles. The molecule has 2 aromatic carbocycles. The van der Waals surface area contributed by atoms with Gasteiger partial charge in [0.2, 0.25) is 0 Å². The summed E-state index contributed by atoms with van der Waals surface area (Å²) >= 11 is 5.99. The molecule has 0 bridgehead atoms. The lowest BCUT2D eigenvalue weighted by Crippen LogP contribution is -2.32. The molecular formula is C20H21ClN2O4. The van der Waals surface area contributed by atoms with Crippen LogP contribution in [0.5, 0.6) is 0 Å². The number of ether oxygens (including phenoxy) is 1. The predicted molar refractivity (Wildman–Crippen MR) is 104 cm³/mol. The van der Waals surface area contributed by atoms with Crippen molar-refractivity contribution in [2.45, 2.75) is 20.8 Å². The second-order valence-electron chi connectivity index (χ2n) is 6.10. The number of benzene rings is 2. The molecule has 0 aliphatic heterocycles. The fourth-order valence-electron chi connectivity index (χ4n) is 2.26. The molecule has 7 heteroatoms. The number of anilines is 1. The first kappa shape index (κ1) is 20.5. The van der Waals surface area contributed by atoms with Crippen LogP contribution in [0, 0.1) is 20.8 Å². The van der Waals surface area contributed by atoms with E-state index in [0.717, 1.165) is 16.7 Å². The third kappa shape index (κ3) is 5.82. The normalized spacial score (nSPS) is 10.2. The Morgan fingerprint density at radius 1 is 1.04 bits per heavy atom. The molecule has 2 amide bonds. The molecule has 0 radical (unpaired) electrons. The molecule has 0 spiro atoms. The van der Waals surface area contributed by atoms with Gasteiger partial charge in [-0.05, 0) is 61.7 Å². The topological polar surface area (TPSA) is 84.5 Å². The van der Waals surface area contributed by atoms with E-state index in [9.17, 15) is 14.4 Å². The Morgan fingerprint density at radius 2 is 1.78 bits per heavy atom. The van der Waals surface area contributed by atoms with Crippen molar-refractivity contribution < 1.29 is 19.1 Å². The second-order valence-corrected chi connectivity index (χ2v) is 6.51. The minimum Gasteiger partial charge on any atom is -0.454 e. The average molecular weight is 389 g/mol. The van der Waals surface area contributed by atoms with Crippen LogP contribution in [0.3, 0.4) is 0 Å². The van der Waals surface area contributed by atoms with Crippen LogP contribution in [-0.4, -0.2) is 30.9 Å². The van der Waals surface area contributed by atoms with Crippen molar-refractivity contribution in [3.63, 3.8) is 0 Å². The third-order valence-corrected chi connectivity index (χ3v) is 4.48. The summed E-state index contributed by atoms with van der Waals surface area (Å²) in [6, 6.07) is 10.4. The van der Waals surface area contributed by atoms with Crippen molar-refractivity contribution in [1.82, 2.24) is 5.32 Å². The second kappa shape index (κ2) is 9.19. The Bertz CT molecular complexity index is 880. The molecule has 0 aliphatic carbocycles. The molecule has 0 aromatic heterocycles. The number of esters is 1. The highest BCUT2D eigenvalue weighted by Gasteiger charge is 2.12. The van der Waals surface area contributed by atoms with Gasteiger partial charge in [0.15, 0.2) is 6.61 Å². The van der Waals surface area contributed by atoms with Crippen molar-refractivity contribution in [1.29, 1.82) is 0 Å². The van der Waals surface area contributed by atoms with Gasteiger partial charge in [-0.3, -0.25) is 14.4 Å². The molecule has 0 aliphatic rings. The summed E-state index contributed by atoms with van der Waals surface area (Å²) in [5.41, 5.74) is 3.79. The predicted octanol–water partition coefficient (Wildman–Crippen LogP) is 3.18. The van der Waals surface area contributed by atoms with Gasteiger partial charge in [-0.15, -0.1) is 0 Å².